The van der Waals surface area contributed by atoms with Crippen LogP contribution in [0.4, 0.5) is 11.4 Å². The topological polar surface area (TPSA) is 75.4 Å². The van der Waals surface area contributed by atoms with Crippen LogP contribution in [0.1, 0.15) is 38.2 Å². The van der Waals surface area contributed by atoms with Crippen molar-refractivity contribution in [2.45, 2.75) is 39.2 Å². The molecule has 0 aromatic heterocycles. The van der Waals surface area contributed by atoms with E-state index in [1.54, 1.807) is 12.1 Å². The fourth-order valence-electron chi connectivity index (χ4n) is 2.60. The molecule has 0 atom stereocenters. The Hall–Kier alpha value is -1.62. The van der Waals surface area contributed by atoms with Crippen LogP contribution in [0.15, 0.2) is 18.2 Å². The second-order valence-corrected chi connectivity index (χ2v) is 5.33. The van der Waals surface area contributed by atoms with E-state index >= 15 is 0 Å². The first-order chi connectivity index (χ1) is 9.10. The Balaban J connectivity index is 2.15. The lowest BCUT2D eigenvalue weighted by molar-refractivity contribution is -0.384. The molecule has 1 fully saturated rings. The molecule has 1 aromatic rings. The van der Waals surface area contributed by atoms with Crippen molar-refractivity contribution in [3.8, 4) is 0 Å². The van der Waals surface area contributed by atoms with Gasteiger partial charge in [-0.25, -0.2) is 0 Å². The number of rotatable bonds is 6. The quantitative estimate of drug-likeness (QED) is 0.611. The van der Waals surface area contributed by atoms with Crippen LogP contribution in [0.25, 0.3) is 0 Å². The highest BCUT2D eigenvalue weighted by atomic mass is 16.6. The number of hydrogen-bond donors (Lipinski definition) is 2. The highest BCUT2D eigenvalue weighted by Crippen LogP contribution is 2.44. The molecule has 5 heteroatoms. The van der Waals surface area contributed by atoms with Crippen LogP contribution in [-0.2, 0) is 6.61 Å². The molecule has 2 N–H and O–H groups in total. The van der Waals surface area contributed by atoms with Crippen molar-refractivity contribution in [1.82, 2.24) is 0 Å². The Morgan fingerprint density at radius 1 is 1.47 bits per heavy atom. The second-order valence-electron chi connectivity index (χ2n) is 5.33. The fourth-order valence-corrected chi connectivity index (χ4v) is 2.60. The van der Waals surface area contributed by atoms with Crippen LogP contribution in [0.3, 0.4) is 0 Å². The number of anilines is 1. The van der Waals surface area contributed by atoms with Gasteiger partial charge in [0.2, 0.25) is 0 Å². The van der Waals surface area contributed by atoms with Gasteiger partial charge in [-0.05, 0) is 42.4 Å². The van der Waals surface area contributed by atoms with Crippen LogP contribution < -0.4 is 5.32 Å². The summed E-state index contributed by atoms with van der Waals surface area (Å²) in [5.74, 6) is 0. The summed E-state index contributed by atoms with van der Waals surface area (Å²) in [6.07, 6.45) is 4.70. The lowest BCUT2D eigenvalue weighted by atomic mass is 9.67. The predicted molar refractivity (Wildman–Crippen MR) is 74.1 cm³/mol. The van der Waals surface area contributed by atoms with E-state index in [2.05, 4.69) is 12.2 Å². The summed E-state index contributed by atoms with van der Waals surface area (Å²) in [7, 11) is 0. The smallest absolute Gasteiger partial charge is 0.292 e. The SMILES string of the molecule is CCC1(CNc2cc(CO)ccc2[N+](=O)[O-])CCC1. The number of aliphatic hydroxyl groups excluding tert-OH is 1. The Kier molecular flexibility index (Phi) is 4.04. The fraction of sp³-hybridized carbons (Fsp3) is 0.571. The Morgan fingerprint density at radius 2 is 2.21 bits per heavy atom. The molecule has 5 nitrogen and oxygen atoms in total. The van der Waals surface area contributed by atoms with Gasteiger partial charge in [-0.2, -0.15) is 0 Å². The van der Waals surface area contributed by atoms with Crippen LogP contribution in [0.2, 0.25) is 0 Å². The summed E-state index contributed by atoms with van der Waals surface area (Å²) >= 11 is 0. The zero-order chi connectivity index (χ0) is 13.9. The molecule has 1 aliphatic carbocycles. The van der Waals surface area contributed by atoms with Crippen molar-refractivity contribution >= 4 is 11.4 Å². The van der Waals surface area contributed by atoms with Crippen LogP contribution in [0.5, 0.6) is 0 Å². The molecular formula is C14H20N2O3. The maximum absolute atomic E-state index is 11.0. The monoisotopic (exact) mass is 264 g/mol. The summed E-state index contributed by atoms with van der Waals surface area (Å²) in [6.45, 7) is 2.82. The number of nitro benzene ring substituents is 1. The molecule has 2 rings (SSSR count). The molecule has 0 bridgehead atoms. The third-order valence-electron chi connectivity index (χ3n) is 4.26. The van der Waals surface area contributed by atoms with Gasteiger partial charge in [0, 0.05) is 12.6 Å². The maximum Gasteiger partial charge on any atom is 0.292 e. The molecule has 1 aromatic carbocycles. The number of nitrogens with zero attached hydrogens (tertiary/aromatic N) is 1. The molecule has 1 saturated carbocycles. The van der Waals surface area contributed by atoms with E-state index in [0.717, 1.165) is 13.0 Å². The number of benzene rings is 1. The Bertz CT molecular complexity index is 464. The summed E-state index contributed by atoms with van der Waals surface area (Å²) in [6, 6.07) is 4.70. The number of nitrogens with one attached hydrogen (secondary N) is 1. The molecule has 0 amide bonds. The van der Waals surface area contributed by atoms with E-state index in [0.29, 0.717) is 16.7 Å². The standard InChI is InChI=1S/C14H20N2O3/c1-2-14(6-3-7-14)10-15-12-8-11(9-17)4-5-13(12)16(18)19/h4-5,8,15,17H,2-3,6-7,9-10H2,1H3. The third-order valence-corrected chi connectivity index (χ3v) is 4.26. The molecule has 0 spiro atoms. The highest BCUT2D eigenvalue weighted by Gasteiger charge is 2.35. The normalized spacial score (nSPS) is 16.7. The minimum atomic E-state index is -0.386. The van der Waals surface area contributed by atoms with E-state index in [-0.39, 0.29) is 17.2 Å². The van der Waals surface area contributed by atoms with Gasteiger partial charge in [-0.3, -0.25) is 10.1 Å². The van der Waals surface area contributed by atoms with E-state index in [9.17, 15) is 10.1 Å². The van der Waals surface area contributed by atoms with Crippen molar-refractivity contribution in [3.63, 3.8) is 0 Å². The van der Waals surface area contributed by atoms with E-state index in [1.807, 2.05) is 0 Å². The molecule has 0 saturated heterocycles. The van der Waals surface area contributed by atoms with Gasteiger partial charge in [0.25, 0.3) is 5.69 Å². The summed E-state index contributed by atoms with van der Waals surface area (Å²) in [4.78, 5) is 10.6. The first-order valence-corrected chi connectivity index (χ1v) is 6.72. The molecular weight excluding hydrogens is 244 g/mol. The zero-order valence-electron chi connectivity index (χ0n) is 11.2. The largest absolute Gasteiger partial charge is 0.392 e. The zero-order valence-corrected chi connectivity index (χ0v) is 11.2. The van der Waals surface area contributed by atoms with E-state index in [1.165, 1.54) is 25.3 Å². The van der Waals surface area contributed by atoms with Crippen molar-refractivity contribution in [3.05, 3.63) is 33.9 Å². The second kappa shape index (κ2) is 5.57. The Labute approximate surface area is 112 Å². The van der Waals surface area contributed by atoms with Gasteiger partial charge in [0.05, 0.1) is 11.5 Å². The summed E-state index contributed by atoms with van der Waals surface area (Å²) in [5, 5.41) is 23.3. The van der Waals surface area contributed by atoms with Gasteiger partial charge in [-0.15, -0.1) is 0 Å². The van der Waals surface area contributed by atoms with Gasteiger partial charge < -0.3 is 10.4 Å². The summed E-state index contributed by atoms with van der Waals surface area (Å²) < 4.78 is 0. The lowest BCUT2D eigenvalue weighted by Crippen LogP contribution is -2.35. The lowest BCUT2D eigenvalue weighted by Gasteiger charge is -2.41. The minimum absolute atomic E-state index is 0.0720. The van der Waals surface area contributed by atoms with Gasteiger partial charge >= 0.3 is 0 Å². The Morgan fingerprint density at radius 3 is 2.68 bits per heavy atom. The molecule has 0 unspecified atom stereocenters. The van der Waals surface area contributed by atoms with Crippen LogP contribution in [-0.4, -0.2) is 16.6 Å². The minimum Gasteiger partial charge on any atom is -0.392 e. The van der Waals surface area contributed by atoms with Crippen molar-refractivity contribution in [2.75, 3.05) is 11.9 Å². The molecule has 104 valence electrons. The third kappa shape index (κ3) is 2.87. The molecule has 0 heterocycles. The molecule has 0 aliphatic heterocycles. The average molecular weight is 264 g/mol. The average Bonchev–Trinajstić information content (AvgIpc) is 2.37. The predicted octanol–water partition coefficient (Wildman–Crippen LogP) is 3.08. The maximum atomic E-state index is 11.0. The van der Waals surface area contributed by atoms with E-state index in [4.69, 9.17) is 5.11 Å². The van der Waals surface area contributed by atoms with Crippen molar-refractivity contribution in [2.24, 2.45) is 5.41 Å². The number of nitro groups is 1. The van der Waals surface area contributed by atoms with Gasteiger partial charge in [0.1, 0.15) is 5.69 Å². The molecule has 1 aliphatic rings. The molecule has 0 radical (unpaired) electrons. The van der Waals surface area contributed by atoms with Gasteiger partial charge in [0.15, 0.2) is 0 Å². The first-order valence-electron chi connectivity index (χ1n) is 6.72. The van der Waals surface area contributed by atoms with Crippen LogP contribution in [0, 0.1) is 15.5 Å². The number of aliphatic hydroxyl groups is 1. The summed E-state index contributed by atoms with van der Waals surface area (Å²) in [5.41, 5.74) is 1.56. The molecule has 19 heavy (non-hydrogen) atoms. The van der Waals surface area contributed by atoms with E-state index < -0.39 is 0 Å². The van der Waals surface area contributed by atoms with Gasteiger partial charge in [-0.1, -0.05) is 13.3 Å². The highest BCUT2D eigenvalue weighted by molar-refractivity contribution is 5.62. The number of hydrogen-bond acceptors (Lipinski definition) is 4. The van der Waals surface area contributed by atoms with Crippen LogP contribution >= 0.6 is 0 Å². The van der Waals surface area contributed by atoms with Crippen molar-refractivity contribution in [1.29, 1.82) is 0 Å². The van der Waals surface area contributed by atoms with Crippen molar-refractivity contribution < 1.29 is 10.0 Å². The first kappa shape index (κ1) is 13.8.